The molecule has 0 aliphatic heterocycles. The van der Waals surface area contributed by atoms with Crippen LogP contribution < -0.4 is 10.6 Å². The van der Waals surface area contributed by atoms with Gasteiger partial charge in [0.15, 0.2) is 0 Å². The molecule has 43 heavy (non-hydrogen) atoms. The van der Waals surface area contributed by atoms with Gasteiger partial charge < -0.3 is 25.1 Å². The van der Waals surface area contributed by atoms with Crippen LogP contribution in [0.25, 0.3) is 33.4 Å². The number of benzene rings is 1. The molecule has 0 spiro atoms. The van der Waals surface area contributed by atoms with E-state index in [0.717, 1.165) is 27.8 Å². The Morgan fingerprint density at radius 1 is 0.884 bits per heavy atom. The van der Waals surface area contributed by atoms with Gasteiger partial charge in [-0.25, -0.2) is 14.2 Å². The van der Waals surface area contributed by atoms with E-state index in [2.05, 4.69) is 25.6 Å². The molecule has 0 radical (unpaired) electrons. The third kappa shape index (κ3) is 8.60. The summed E-state index contributed by atoms with van der Waals surface area (Å²) in [6, 6.07) is 12.2. The molecule has 3 heterocycles. The number of esters is 1. The maximum absolute atomic E-state index is 13.7. The SMILES string of the molecule is CC(C)(C)OC(=O)CCC(NC(=O)OC(C)(C)C)C(=O)Nc1ccc2c(-c3ccncc3)c(-c3ccc(F)cc3)[nH]c2n1. The van der Waals surface area contributed by atoms with Crippen LogP contribution in [0.1, 0.15) is 54.4 Å². The van der Waals surface area contributed by atoms with Gasteiger partial charge >= 0.3 is 12.1 Å². The number of hydrogen-bond acceptors (Lipinski definition) is 7. The van der Waals surface area contributed by atoms with Gasteiger partial charge in [0.05, 0.1) is 5.69 Å². The highest BCUT2D eigenvalue weighted by atomic mass is 19.1. The first-order valence-corrected chi connectivity index (χ1v) is 13.9. The number of aromatic nitrogens is 3. The number of hydrogen-bond donors (Lipinski definition) is 3. The van der Waals surface area contributed by atoms with Gasteiger partial charge in [-0.2, -0.15) is 0 Å². The molecule has 11 heteroatoms. The quantitative estimate of drug-likeness (QED) is 0.203. The molecule has 10 nitrogen and oxygen atoms in total. The van der Waals surface area contributed by atoms with Gasteiger partial charge in [0.2, 0.25) is 5.91 Å². The molecule has 2 amide bonds. The molecule has 0 saturated heterocycles. The second kappa shape index (κ2) is 12.6. The molecule has 0 bridgehead atoms. The number of nitrogens with zero attached hydrogens (tertiary/aromatic N) is 2. The third-order valence-electron chi connectivity index (χ3n) is 6.08. The Morgan fingerprint density at radius 2 is 1.53 bits per heavy atom. The summed E-state index contributed by atoms with van der Waals surface area (Å²) in [5.41, 5.74) is 2.20. The van der Waals surface area contributed by atoms with Crippen molar-refractivity contribution in [2.45, 2.75) is 71.6 Å². The summed E-state index contributed by atoms with van der Waals surface area (Å²) in [5.74, 6) is -1.21. The highest BCUT2D eigenvalue weighted by molar-refractivity contribution is 6.04. The number of fused-ring (bicyclic) bond motifs is 1. The van der Waals surface area contributed by atoms with Crippen molar-refractivity contribution in [3.05, 3.63) is 66.7 Å². The van der Waals surface area contributed by atoms with Gasteiger partial charge in [0.1, 0.15) is 34.5 Å². The first kappa shape index (κ1) is 31.1. The molecule has 4 aromatic rings. The molecule has 1 atom stereocenters. The zero-order valence-electron chi connectivity index (χ0n) is 25.1. The number of halogens is 1. The number of carbonyl (C=O) groups excluding carboxylic acids is 3. The van der Waals surface area contributed by atoms with Crippen LogP contribution in [-0.2, 0) is 19.1 Å². The van der Waals surface area contributed by atoms with E-state index >= 15 is 0 Å². The van der Waals surface area contributed by atoms with Crippen molar-refractivity contribution in [1.82, 2.24) is 20.3 Å². The van der Waals surface area contributed by atoms with Crippen LogP contribution in [0.5, 0.6) is 0 Å². The number of anilines is 1. The number of pyridine rings is 2. The molecule has 3 N–H and O–H groups in total. The van der Waals surface area contributed by atoms with Gasteiger partial charge in [-0.3, -0.25) is 14.6 Å². The summed E-state index contributed by atoms with van der Waals surface area (Å²) in [7, 11) is 0. The topological polar surface area (TPSA) is 135 Å². The molecular formula is C32H36FN5O5. The minimum atomic E-state index is -1.11. The lowest BCUT2D eigenvalue weighted by Crippen LogP contribution is -2.46. The zero-order valence-corrected chi connectivity index (χ0v) is 25.1. The van der Waals surface area contributed by atoms with Crippen molar-refractivity contribution < 1.29 is 28.2 Å². The molecule has 0 aliphatic rings. The van der Waals surface area contributed by atoms with Crippen LogP contribution in [0.15, 0.2) is 60.9 Å². The van der Waals surface area contributed by atoms with Crippen molar-refractivity contribution in [3.63, 3.8) is 0 Å². The van der Waals surface area contributed by atoms with Crippen molar-refractivity contribution in [3.8, 4) is 22.4 Å². The van der Waals surface area contributed by atoms with Gasteiger partial charge in [-0.05, 0) is 108 Å². The predicted octanol–water partition coefficient (Wildman–Crippen LogP) is 6.38. The Morgan fingerprint density at radius 3 is 2.16 bits per heavy atom. The van der Waals surface area contributed by atoms with Gasteiger partial charge in [0, 0.05) is 29.8 Å². The van der Waals surface area contributed by atoms with E-state index in [-0.39, 0.29) is 24.5 Å². The summed E-state index contributed by atoms with van der Waals surface area (Å²) in [6.45, 7) is 10.4. The van der Waals surface area contributed by atoms with Crippen LogP contribution in [0.3, 0.4) is 0 Å². The molecule has 1 aromatic carbocycles. The fourth-order valence-electron chi connectivity index (χ4n) is 4.38. The van der Waals surface area contributed by atoms with E-state index in [4.69, 9.17) is 9.47 Å². The van der Waals surface area contributed by atoms with Crippen molar-refractivity contribution in [2.75, 3.05) is 5.32 Å². The number of H-pyrrole nitrogens is 1. The molecular weight excluding hydrogens is 553 g/mol. The molecule has 3 aromatic heterocycles. The first-order valence-electron chi connectivity index (χ1n) is 13.9. The average molecular weight is 590 g/mol. The maximum atomic E-state index is 13.7. The Hall–Kier alpha value is -4.80. The maximum Gasteiger partial charge on any atom is 0.408 e. The van der Waals surface area contributed by atoms with E-state index in [1.54, 1.807) is 72.1 Å². The Bertz CT molecular complexity index is 1610. The van der Waals surface area contributed by atoms with Crippen LogP contribution in [0.4, 0.5) is 15.0 Å². The minimum absolute atomic E-state index is 0.0222. The zero-order chi connectivity index (χ0) is 31.4. The van der Waals surface area contributed by atoms with E-state index in [0.29, 0.717) is 5.65 Å². The highest BCUT2D eigenvalue weighted by Gasteiger charge is 2.27. The van der Waals surface area contributed by atoms with Gasteiger partial charge in [-0.1, -0.05) is 0 Å². The summed E-state index contributed by atoms with van der Waals surface area (Å²) < 4.78 is 24.4. The van der Waals surface area contributed by atoms with E-state index in [9.17, 15) is 18.8 Å². The Labute approximate surface area is 249 Å². The fraction of sp³-hybridized carbons (Fsp3) is 0.344. The van der Waals surface area contributed by atoms with E-state index in [1.165, 1.54) is 12.1 Å². The molecule has 1 unspecified atom stereocenters. The van der Waals surface area contributed by atoms with Crippen molar-refractivity contribution in [1.29, 1.82) is 0 Å². The summed E-state index contributed by atoms with van der Waals surface area (Å²) in [5, 5.41) is 6.07. The normalized spacial score (nSPS) is 12.4. The number of alkyl carbamates (subject to hydrolysis) is 1. The molecule has 4 rings (SSSR count). The van der Waals surface area contributed by atoms with Crippen molar-refractivity contribution >= 4 is 34.8 Å². The lowest BCUT2D eigenvalue weighted by atomic mass is 10.00. The fourth-order valence-corrected chi connectivity index (χ4v) is 4.38. The number of amides is 2. The molecule has 0 saturated carbocycles. The van der Waals surface area contributed by atoms with Gasteiger partial charge in [-0.15, -0.1) is 0 Å². The number of rotatable bonds is 8. The minimum Gasteiger partial charge on any atom is -0.460 e. The Balaban J connectivity index is 1.62. The lowest BCUT2D eigenvalue weighted by Gasteiger charge is -2.24. The molecule has 0 aliphatic carbocycles. The largest absolute Gasteiger partial charge is 0.460 e. The van der Waals surface area contributed by atoms with E-state index in [1.807, 2.05) is 18.2 Å². The monoisotopic (exact) mass is 589 g/mol. The number of aromatic amines is 1. The summed E-state index contributed by atoms with van der Waals surface area (Å²) in [4.78, 5) is 50.3. The van der Waals surface area contributed by atoms with Crippen LogP contribution in [0, 0.1) is 5.82 Å². The number of nitrogens with one attached hydrogen (secondary N) is 3. The van der Waals surface area contributed by atoms with Crippen LogP contribution >= 0.6 is 0 Å². The molecule has 0 fully saturated rings. The average Bonchev–Trinajstić information content (AvgIpc) is 3.28. The Kier molecular flexibility index (Phi) is 9.13. The number of ether oxygens (including phenoxy) is 2. The second-order valence-corrected chi connectivity index (χ2v) is 12.0. The van der Waals surface area contributed by atoms with Crippen LogP contribution in [0.2, 0.25) is 0 Å². The predicted molar refractivity (Wildman–Crippen MR) is 162 cm³/mol. The smallest absolute Gasteiger partial charge is 0.408 e. The van der Waals surface area contributed by atoms with Crippen molar-refractivity contribution in [2.24, 2.45) is 0 Å². The van der Waals surface area contributed by atoms with Crippen LogP contribution in [-0.4, -0.2) is 50.2 Å². The summed E-state index contributed by atoms with van der Waals surface area (Å²) >= 11 is 0. The summed E-state index contributed by atoms with van der Waals surface area (Å²) in [6.07, 6.45) is 2.44. The van der Waals surface area contributed by atoms with E-state index < -0.39 is 35.2 Å². The van der Waals surface area contributed by atoms with Gasteiger partial charge in [0.25, 0.3) is 0 Å². The lowest BCUT2D eigenvalue weighted by molar-refractivity contribution is -0.155. The highest BCUT2D eigenvalue weighted by Crippen LogP contribution is 2.38. The second-order valence-electron chi connectivity index (χ2n) is 12.0. The molecule has 226 valence electrons. The standard InChI is InChI=1S/C32H36FN5O5/c1-31(2,3)42-25(39)14-12-23(35-30(41)43-32(4,5)6)29(40)37-24-13-11-22-26(19-15-17-34-18-16-19)27(38-28(22)36-24)20-7-9-21(33)10-8-20/h7-11,13,15-18,23H,12,14H2,1-6H3,(H,35,41)(H2,36,37,38,40). The number of carbonyl (C=O) groups is 3. The first-order chi connectivity index (χ1) is 20.2. The third-order valence-corrected chi connectivity index (χ3v) is 6.08.